The molecule has 0 aromatic heterocycles. The molecule has 262 valence electrons. The molecule has 0 heterocycles. The van der Waals surface area contributed by atoms with Crippen molar-refractivity contribution in [2.45, 2.75) is 134 Å². The van der Waals surface area contributed by atoms with Crippen molar-refractivity contribution in [2.24, 2.45) is 23.2 Å². The second-order valence-electron chi connectivity index (χ2n) is 14.2. The summed E-state index contributed by atoms with van der Waals surface area (Å²) in [6, 6.07) is 4.40. The van der Waals surface area contributed by atoms with Gasteiger partial charge in [-0.15, -0.1) is 5.46 Å². The third-order valence-electron chi connectivity index (χ3n) is 11.1. The zero-order valence-electron chi connectivity index (χ0n) is 28.0. The summed E-state index contributed by atoms with van der Waals surface area (Å²) in [5.74, 6) is -2.56. The van der Waals surface area contributed by atoms with E-state index in [1.54, 1.807) is 6.07 Å². The topological polar surface area (TPSA) is 26.3 Å². The third kappa shape index (κ3) is 10.6. The van der Waals surface area contributed by atoms with Gasteiger partial charge in [-0.25, -0.2) is 0 Å². The summed E-state index contributed by atoms with van der Waals surface area (Å²) in [4.78, 5) is 11.9. The van der Waals surface area contributed by atoms with Gasteiger partial charge in [0.05, 0.1) is 0 Å². The number of fused-ring (bicyclic) bond motifs is 5. The number of hydrogen-bond acceptors (Lipinski definition) is 3. The van der Waals surface area contributed by atoms with Crippen LogP contribution < -0.4 is 56.8 Å². The van der Waals surface area contributed by atoms with Crippen LogP contribution in [-0.2, 0) is 16.0 Å². The quantitative estimate of drug-likeness (QED) is 0.0762. The maximum absolute atomic E-state index is 13.7. The van der Waals surface area contributed by atoms with Crippen LogP contribution in [0.1, 0.15) is 121 Å². The van der Waals surface area contributed by atoms with Crippen molar-refractivity contribution < 1.29 is 95.8 Å². The average Bonchev–Trinajstić information content (AvgIpc) is 3.29. The Morgan fingerprint density at radius 2 is 1.57 bits per heavy atom. The number of rotatable bonds is 16. The van der Waals surface area contributed by atoms with Crippen LogP contribution in [0.5, 0.6) is 0 Å². The Kier molecular flexibility index (Phi) is 15.6. The van der Waals surface area contributed by atoms with Crippen molar-refractivity contribution in [1.82, 2.24) is 0 Å². The number of halogens is 8. The Bertz CT molecular complexity index is 1170. The molecule has 1 aromatic rings. The normalized spacial score (nSPS) is 27.4. The second-order valence-corrected chi connectivity index (χ2v) is 15.4. The average molecular weight is 723 g/mol. The first-order chi connectivity index (χ1) is 21.5. The molecule has 2 nitrogen and oxygen atoms in total. The van der Waals surface area contributed by atoms with E-state index >= 15 is 0 Å². The number of benzene rings is 1. The summed E-state index contributed by atoms with van der Waals surface area (Å²) < 4.78 is 109. The molecule has 0 bridgehead atoms. The summed E-state index contributed by atoms with van der Waals surface area (Å²) >= 11 is 1.42. The molecule has 0 amide bonds. The summed E-state index contributed by atoms with van der Waals surface area (Å²) in [6.07, 6.45) is 5.44. The number of hydrogen-bond donors (Lipinski definition) is 0. The number of thioether (sulfide) groups is 1. The zero-order valence-corrected chi connectivity index (χ0v) is 31.9. The Balaban J connectivity index is 0.00000600. The minimum absolute atomic E-state index is 0. The Hall–Kier alpha value is 0.181. The van der Waals surface area contributed by atoms with Crippen LogP contribution >= 0.6 is 11.8 Å². The summed E-state index contributed by atoms with van der Waals surface area (Å²) in [6.45, 7) is -1.35. The van der Waals surface area contributed by atoms with E-state index in [-0.39, 0.29) is 81.2 Å². The van der Waals surface area contributed by atoms with E-state index < -0.39 is 31.0 Å². The summed E-state index contributed by atoms with van der Waals surface area (Å²) in [7, 11) is 0. The van der Waals surface area contributed by atoms with Crippen LogP contribution in [0.2, 0.25) is 0 Å². The Morgan fingerprint density at radius 1 is 0.936 bits per heavy atom. The van der Waals surface area contributed by atoms with Crippen LogP contribution in [0.15, 0.2) is 18.2 Å². The Labute approximate surface area is 321 Å². The molecule has 2 saturated carbocycles. The molecule has 0 saturated heterocycles. The molecule has 3 aliphatic rings. The summed E-state index contributed by atoms with van der Waals surface area (Å²) in [5, 5.41) is 0. The number of alkyl halides is 5. The van der Waals surface area contributed by atoms with Crippen molar-refractivity contribution >= 4 is 30.2 Å². The van der Waals surface area contributed by atoms with Gasteiger partial charge in [-0.05, 0) is 97.7 Å². The van der Waals surface area contributed by atoms with E-state index in [2.05, 4.69) is 6.92 Å². The van der Waals surface area contributed by atoms with Crippen molar-refractivity contribution in [3.63, 3.8) is 0 Å². The molecule has 47 heavy (non-hydrogen) atoms. The first-order valence-corrected chi connectivity index (χ1v) is 18.2. The minimum Gasteiger partial charge on any atom is -0.462 e. The number of unbranched alkanes of at least 4 members (excludes halogenated alkanes) is 6. The van der Waals surface area contributed by atoms with E-state index in [1.807, 2.05) is 0 Å². The maximum Gasteiger partial charge on any atom is 1.00 e. The first-order valence-electron chi connectivity index (χ1n) is 17.1. The van der Waals surface area contributed by atoms with Gasteiger partial charge in [0.25, 0.3) is 0 Å². The number of carbonyl (C=O) groups excluding carboxylic acids is 1. The molecule has 1 aromatic carbocycles. The molecule has 0 N–H and O–H groups in total. The van der Waals surface area contributed by atoms with E-state index in [4.69, 9.17) is 4.74 Å². The Morgan fingerprint density at radius 3 is 2.21 bits per heavy atom. The number of ether oxygens (including phenoxy) is 1. The molecule has 6 atom stereocenters. The molecule has 4 rings (SSSR count). The van der Waals surface area contributed by atoms with Crippen LogP contribution in [-0.4, -0.2) is 42.7 Å². The molecule has 13 heteroatoms. The monoisotopic (exact) mass is 722 g/mol. The fourth-order valence-electron chi connectivity index (χ4n) is 8.78. The van der Waals surface area contributed by atoms with Crippen LogP contribution in [0.25, 0.3) is 0 Å². The fraction of sp³-hybridized carbons (Fsp3) is 0.794. The molecular formula is C34H48BF8KO2S. The van der Waals surface area contributed by atoms with Gasteiger partial charge in [0, 0.05) is 18.8 Å². The smallest absolute Gasteiger partial charge is 0.462 e. The van der Waals surface area contributed by atoms with Crippen LogP contribution in [0.4, 0.5) is 34.9 Å². The predicted octanol–water partition coefficient (Wildman–Crippen LogP) is 7.59. The molecule has 0 aliphatic heterocycles. The van der Waals surface area contributed by atoms with Gasteiger partial charge in [0.1, 0.15) is 6.10 Å². The fourth-order valence-corrected chi connectivity index (χ4v) is 9.74. The first kappa shape index (κ1) is 41.6. The molecule has 3 aliphatic carbocycles. The predicted molar refractivity (Wildman–Crippen MR) is 169 cm³/mol. The van der Waals surface area contributed by atoms with Gasteiger partial charge in [-0.1, -0.05) is 63.6 Å². The second kappa shape index (κ2) is 17.6. The number of esters is 1. The van der Waals surface area contributed by atoms with Gasteiger partial charge in [0.15, 0.2) is 0 Å². The van der Waals surface area contributed by atoms with Crippen molar-refractivity contribution in [3.8, 4) is 0 Å². The third-order valence-corrected chi connectivity index (χ3v) is 12.2. The largest absolute Gasteiger partial charge is 1.00 e. The zero-order chi connectivity index (χ0) is 33.8. The van der Waals surface area contributed by atoms with Gasteiger partial charge in [-0.3, -0.25) is 4.79 Å². The maximum atomic E-state index is 13.7. The van der Waals surface area contributed by atoms with E-state index in [9.17, 15) is 39.7 Å². The van der Waals surface area contributed by atoms with Crippen molar-refractivity contribution in [3.05, 3.63) is 29.3 Å². The standard InChI is InChI=1S/C34H48BF8O2S.K/c1-23(44)45-30-15-14-29-31-24(11-8-6-4-3-5-7-9-19-46-20-10-17-33(36,37)34(38,39)40)21-25-22-26(35(41,42)43)12-13-27(25)28(31)16-18-32(29,30)2;/h12-13,22,24,28-31H,3-11,14-21H2,1-2H3;/q-1;+1/t24-,28-,29+,30+,31-,32+;/m1./s1. The molecule has 0 radical (unpaired) electrons. The van der Waals surface area contributed by atoms with Crippen molar-refractivity contribution in [1.29, 1.82) is 0 Å². The van der Waals surface area contributed by atoms with Crippen LogP contribution in [0, 0.1) is 23.2 Å². The van der Waals surface area contributed by atoms with Crippen molar-refractivity contribution in [2.75, 3.05) is 11.5 Å². The molecule has 0 unspecified atom stereocenters. The van der Waals surface area contributed by atoms with E-state index in [1.165, 1.54) is 30.8 Å². The van der Waals surface area contributed by atoms with Gasteiger partial charge < -0.3 is 17.7 Å². The molecule has 0 spiro atoms. The van der Waals surface area contributed by atoms with E-state index in [0.29, 0.717) is 29.9 Å². The van der Waals surface area contributed by atoms with E-state index in [0.717, 1.165) is 93.9 Å². The summed E-state index contributed by atoms with van der Waals surface area (Å²) in [5.41, 5.74) is 1.31. The molecular weight excluding hydrogens is 674 g/mol. The SMILES string of the molecule is CC(=O)O[C@H]1CC[C@H]2[C@@H]3[C@H](CCCCCCCCCSCCCC(F)(F)C(F)(F)F)Cc4cc([B-](F)(F)F)ccc4[C@H]3CC[C@]12C.[K+]. The minimum atomic E-state index is -5.48. The number of carbonyl (C=O) groups is 1. The van der Waals surface area contributed by atoms with Gasteiger partial charge in [-0.2, -0.15) is 33.7 Å². The van der Waals surface area contributed by atoms with Gasteiger partial charge in [0.2, 0.25) is 0 Å². The van der Waals surface area contributed by atoms with Crippen LogP contribution in [0.3, 0.4) is 0 Å². The van der Waals surface area contributed by atoms with Gasteiger partial charge >= 0.3 is 76.4 Å². The molecule has 2 fully saturated rings.